The first-order valence-electron chi connectivity index (χ1n) is 8.89. The van der Waals surface area contributed by atoms with E-state index >= 15 is 0 Å². The van der Waals surface area contributed by atoms with Crippen molar-refractivity contribution in [3.8, 4) is 0 Å². The summed E-state index contributed by atoms with van der Waals surface area (Å²) in [7, 11) is 0. The first-order chi connectivity index (χ1) is 12.2. The topological polar surface area (TPSA) is 97.6 Å². The van der Waals surface area contributed by atoms with E-state index in [-0.39, 0.29) is 11.9 Å². The van der Waals surface area contributed by atoms with E-state index in [1.807, 2.05) is 20.8 Å². The average Bonchev–Trinajstić information content (AvgIpc) is 3.33. The number of nitrogens with two attached hydrogens (primary N) is 1. The van der Waals surface area contributed by atoms with Crippen LogP contribution < -0.4 is 16.0 Å². The number of halogens is 1. The molecule has 2 heterocycles. The van der Waals surface area contributed by atoms with Crippen molar-refractivity contribution in [2.45, 2.75) is 51.7 Å². The van der Waals surface area contributed by atoms with Crippen LogP contribution in [0, 0.1) is 12.8 Å². The van der Waals surface area contributed by atoms with Gasteiger partial charge in [-0.15, -0.1) is 0 Å². The van der Waals surface area contributed by atoms with E-state index in [0.717, 1.165) is 15.9 Å². The Labute approximate surface area is 161 Å². The summed E-state index contributed by atoms with van der Waals surface area (Å²) in [5.74, 6) is 0.445. The number of hydrogen-bond acceptors (Lipinski definition) is 5. The number of aromatic nitrogens is 1. The standard InChI is InChI=1S/C18H25BrN4O3/c1-10(12-4-5-12)22-16(24)13-8-21-11(2)14(19)15(13)23-7-6-18(3,9-23)26-17(20)25/h8,10,12H,4-7,9H2,1-3H3,(H2,20,25)(H,22,24)/t10-,18?/m0/s1. The lowest BCUT2D eigenvalue weighted by Crippen LogP contribution is -2.38. The summed E-state index contributed by atoms with van der Waals surface area (Å²) in [6.07, 6.45) is 3.81. The second-order valence-electron chi connectivity index (χ2n) is 7.56. The van der Waals surface area contributed by atoms with Crippen LogP contribution in [0.3, 0.4) is 0 Å². The molecule has 1 unspecified atom stereocenters. The molecule has 1 saturated carbocycles. The maximum Gasteiger partial charge on any atom is 0.405 e. The van der Waals surface area contributed by atoms with Crippen LogP contribution in [-0.4, -0.2) is 41.7 Å². The molecule has 0 radical (unpaired) electrons. The van der Waals surface area contributed by atoms with Gasteiger partial charge >= 0.3 is 6.09 Å². The van der Waals surface area contributed by atoms with Gasteiger partial charge in [0, 0.05) is 25.2 Å². The minimum Gasteiger partial charge on any atom is -0.441 e. The number of nitrogens with one attached hydrogen (secondary N) is 1. The number of carbonyl (C=O) groups is 2. The van der Waals surface area contributed by atoms with Crippen molar-refractivity contribution in [1.82, 2.24) is 10.3 Å². The third-order valence-corrected chi connectivity index (χ3v) is 6.15. The Hall–Kier alpha value is -1.83. The molecule has 1 saturated heterocycles. The number of amides is 2. The van der Waals surface area contributed by atoms with Crippen molar-refractivity contribution in [3.63, 3.8) is 0 Å². The van der Waals surface area contributed by atoms with Crippen LogP contribution in [0.2, 0.25) is 0 Å². The van der Waals surface area contributed by atoms with E-state index in [0.29, 0.717) is 31.0 Å². The van der Waals surface area contributed by atoms with Gasteiger partial charge in [0.25, 0.3) is 5.91 Å². The SMILES string of the molecule is Cc1ncc(C(=O)N[C@@H](C)C2CC2)c(N2CCC(C)(OC(N)=O)C2)c1Br. The fraction of sp³-hybridized carbons (Fsp3) is 0.611. The lowest BCUT2D eigenvalue weighted by Gasteiger charge is -2.27. The molecule has 2 amide bonds. The Morgan fingerprint density at radius 3 is 2.81 bits per heavy atom. The van der Waals surface area contributed by atoms with Crippen molar-refractivity contribution in [1.29, 1.82) is 0 Å². The number of ether oxygens (including phenoxy) is 1. The molecule has 3 N–H and O–H groups in total. The number of pyridine rings is 1. The second kappa shape index (κ2) is 7.06. The number of anilines is 1. The Bertz CT molecular complexity index is 737. The smallest absolute Gasteiger partial charge is 0.405 e. The molecular weight excluding hydrogens is 400 g/mol. The van der Waals surface area contributed by atoms with E-state index in [4.69, 9.17) is 10.5 Å². The summed E-state index contributed by atoms with van der Waals surface area (Å²) in [5, 5.41) is 3.09. The molecular formula is C18H25BrN4O3. The van der Waals surface area contributed by atoms with Crippen molar-refractivity contribution in [2.75, 3.05) is 18.0 Å². The molecule has 1 aromatic heterocycles. The highest BCUT2D eigenvalue weighted by molar-refractivity contribution is 9.10. The van der Waals surface area contributed by atoms with Gasteiger partial charge in [0.1, 0.15) is 5.60 Å². The van der Waals surface area contributed by atoms with Gasteiger partial charge in [-0.1, -0.05) is 0 Å². The second-order valence-corrected chi connectivity index (χ2v) is 8.35. The highest BCUT2D eigenvalue weighted by Crippen LogP contribution is 2.38. The Kier molecular flexibility index (Phi) is 5.14. The van der Waals surface area contributed by atoms with E-state index in [2.05, 4.69) is 31.1 Å². The first-order valence-corrected chi connectivity index (χ1v) is 9.69. The quantitative estimate of drug-likeness (QED) is 0.756. The van der Waals surface area contributed by atoms with E-state index < -0.39 is 11.7 Å². The van der Waals surface area contributed by atoms with Crippen LogP contribution in [0.1, 0.15) is 49.2 Å². The van der Waals surface area contributed by atoms with Crippen LogP contribution in [0.15, 0.2) is 10.7 Å². The molecule has 1 aliphatic carbocycles. The average molecular weight is 425 g/mol. The van der Waals surface area contributed by atoms with Crippen molar-refractivity contribution in [2.24, 2.45) is 11.7 Å². The third-order valence-electron chi connectivity index (χ3n) is 5.20. The van der Waals surface area contributed by atoms with E-state index in [1.54, 1.807) is 6.20 Å². The molecule has 1 aliphatic heterocycles. The minimum atomic E-state index is -0.782. The summed E-state index contributed by atoms with van der Waals surface area (Å²) >= 11 is 3.59. The lowest BCUT2D eigenvalue weighted by molar-refractivity contribution is 0.0480. The number of carbonyl (C=O) groups excluding carboxylic acids is 2. The van der Waals surface area contributed by atoms with Crippen LogP contribution >= 0.6 is 15.9 Å². The Morgan fingerprint density at radius 1 is 1.50 bits per heavy atom. The fourth-order valence-electron chi connectivity index (χ4n) is 3.49. The molecule has 0 aromatic carbocycles. The summed E-state index contributed by atoms with van der Waals surface area (Å²) < 4.78 is 6.08. The number of aryl methyl sites for hydroxylation is 1. The number of rotatable bonds is 5. The zero-order chi connectivity index (χ0) is 19.1. The van der Waals surface area contributed by atoms with Gasteiger partial charge in [0.05, 0.1) is 28.0 Å². The molecule has 2 aliphatic rings. The predicted octanol–water partition coefficient (Wildman–Crippen LogP) is 2.74. The van der Waals surface area contributed by atoms with Crippen LogP contribution in [0.4, 0.5) is 10.5 Å². The maximum absolute atomic E-state index is 12.9. The van der Waals surface area contributed by atoms with Crippen molar-refractivity contribution >= 4 is 33.6 Å². The largest absolute Gasteiger partial charge is 0.441 e. The van der Waals surface area contributed by atoms with Crippen molar-refractivity contribution < 1.29 is 14.3 Å². The lowest BCUT2D eigenvalue weighted by atomic mass is 10.1. The third kappa shape index (κ3) is 3.95. The molecule has 2 fully saturated rings. The van der Waals surface area contributed by atoms with Gasteiger partial charge in [-0.05, 0) is 55.5 Å². The fourth-order valence-corrected chi connectivity index (χ4v) is 4.06. The molecule has 0 bridgehead atoms. The normalized spacial score (nSPS) is 23.6. The van der Waals surface area contributed by atoms with Gasteiger partial charge in [0.15, 0.2) is 0 Å². The zero-order valence-electron chi connectivity index (χ0n) is 15.3. The predicted molar refractivity (Wildman–Crippen MR) is 102 cm³/mol. The van der Waals surface area contributed by atoms with Crippen LogP contribution in [-0.2, 0) is 4.74 Å². The summed E-state index contributed by atoms with van der Waals surface area (Å²) in [4.78, 5) is 30.5. The molecule has 2 atom stereocenters. The molecule has 142 valence electrons. The Balaban J connectivity index is 1.87. The Morgan fingerprint density at radius 2 is 2.19 bits per heavy atom. The van der Waals surface area contributed by atoms with Gasteiger partial charge in [-0.2, -0.15) is 0 Å². The number of primary amides is 1. The van der Waals surface area contributed by atoms with Gasteiger partial charge < -0.3 is 20.7 Å². The molecule has 3 rings (SSSR count). The van der Waals surface area contributed by atoms with Gasteiger partial charge in [-0.3, -0.25) is 9.78 Å². The minimum absolute atomic E-state index is 0.128. The van der Waals surface area contributed by atoms with E-state index in [1.165, 1.54) is 12.8 Å². The highest BCUT2D eigenvalue weighted by atomic mass is 79.9. The van der Waals surface area contributed by atoms with Gasteiger partial charge in [-0.25, -0.2) is 4.79 Å². The van der Waals surface area contributed by atoms with Crippen molar-refractivity contribution in [3.05, 3.63) is 21.9 Å². The molecule has 1 aromatic rings. The van der Waals surface area contributed by atoms with Crippen LogP contribution in [0.5, 0.6) is 0 Å². The van der Waals surface area contributed by atoms with Gasteiger partial charge in [0.2, 0.25) is 0 Å². The summed E-state index contributed by atoms with van der Waals surface area (Å²) in [6, 6.07) is 0.150. The number of hydrogen-bond donors (Lipinski definition) is 2. The molecule has 7 nitrogen and oxygen atoms in total. The van der Waals surface area contributed by atoms with E-state index in [9.17, 15) is 9.59 Å². The monoisotopic (exact) mass is 424 g/mol. The molecule has 8 heteroatoms. The number of nitrogens with zero attached hydrogens (tertiary/aromatic N) is 2. The molecule has 0 spiro atoms. The zero-order valence-corrected chi connectivity index (χ0v) is 16.9. The summed E-state index contributed by atoms with van der Waals surface area (Å²) in [5.41, 5.74) is 6.65. The molecule has 26 heavy (non-hydrogen) atoms. The van der Waals surface area contributed by atoms with Crippen LogP contribution in [0.25, 0.3) is 0 Å². The first kappa shape index (κ1) is 18.9. The maximum atomic E-state index is 12.9. The highest BCUT2D eigenvalue weighted by Gasteiger charge is 2.39. The summed E-state index contributed by atoms with van der Waals surface area (Å²) in [6.45, 7) is 6.91.